The Balaban J connectivity index is 0.00000144. The monoisotopic (exact) mass is 323 g/mol. The lowest BCUT2D eigenvalue weighted by atomic mass is 9.69. The third kappa shape index (κ3) is 2.05. The van der Waals surface area contributed by atoms with E-state index in [0.29, 0.717) is 6.42 Å². The van der Waals surface area contributed by atoms with Gasteiger partial charge in [0.1, 0.15) is 6.10 Å². The highest BCUT2D eigenvalue weighted by Crippen LogP contribution is 2.55. The summed E-state index contributed by atoms with van der Waals surface area (Å²) in [6, 6.07) is 4.16. The van der Waals surface area contributed by atoms with Crippen molar-refractivity contribution >= 4 is 12.4 Å². The Bertz CT molecular complexity index is 618. The van der Waals surface area contributed by atoms with E-state index in [-0.39, 0.29) is 23.9 Å². The van der Waals surface area contributed by atoms with Crippen LogP contribution in [0.2, 0.25) is 0 Å². The number of ether oxygens (including phenoxy) is 2. The number of methoxy groups -OCH3 is 1. The number of nitrogens with zero attached hydrogens (tertiary/aromatic N) is 1. The number of aliphatic hydroxyl groups excluding tert-OH is 1. The van der Waals surface area contributed by atoms with Gasteiger partial charge in [-0.2, -0.15) is 0 Å². The molecular weight excluding hydrogens is 302 g/mol. The SMILES string of the molecule is COc1ccc2c3c1O[C@@H]1CC(O)C=C[C@@]31CCN(C)C2.Cl. The Morgan fingerprint density at radius 1 is 1.41 bits per heavy atom. The molecule has 0 aromatic heterocycles. The first-order chi connectivity index (χ1) is 10.1. The fourth-order valence-corrected chi connectivity index (χ4v) is 4.08. The molecular formula is C17H22ClNO3. The molecule has 0 radical (unpaired) electrons. The van der Waals surface area contributed by atoms with Crippen molar-refractivity contribution in [3.8, 4) is 11.5 Å². The van der Waals surface area contributed by atoms with Crippen molar-refractivity contribution in [2.45, 2.75) is 37.0 Å². The fourth-order valence-electron chi connectivity index (χ4n) is 4.08. The average Bonchev–Trinajstić information content (AvgIpc) is 2.72. The molecule has 120 valence electrons. The van der Waals surface area contributed by atoms with E-state index in [4.69, 9.17) is 9.47 Å². The summed E-state index contributed by atoms with van der Waals surface area (Å²) in [6.07, 6.45) is 5.38. The molecule has 5 heteroatoms. The van der Waals surface area contributed by atoms with Crippen molar-refractivity contribution in [2.75, 3.05) is 20.7 Å². The van der Waals surface area contributed by atoms with Crippen molar-refractivity contribution in [3.63, 3.8) is 0 Å². The quantitative estimate of drug-likeness (QED) is 0.805. The molecule has 4 nitrogen and oxygen atoms in total. The maximum Gasteiger partial charge on any atom is 0.166 e. The van der Waals surface area contributed by atoms with Crippen LogP contribution in [0.5, 0.6) is 11.5 Å². The molecule has 3 atom stereocenters. The maximum absolute atomic E-state index is 9.97. The molecule has 1 aliphatic carbocycles. The summed E-state index contributed by atoms with van der Waals surface area (Å²) in [7, 11) is 3.84. The number of hydrogen-bond donors (Lipinski definition) is 1. The zero-order valence-corrected chi connectivity index (χ0v) is 13.7. The highest BCUT2D eigenvalue weighted by atomic mass is 35.5. The molecule has 0 amide bonds. The highest BCUT2D eigenvalue weighted by molar-refractivity contribution is 5.85. The first-order valence-electron chi connectivity index (χ1n) is 7.57. The van der Waals surface area contributed by atoms with Crippen LogP contribution in [0.3, 0.4) is 0 Å². The van der Waals surface area contributed by atoms with Gasteiger partial charge in [0.2, 0.25) is 0 Å². The lowest BCUT2D eigenvalue weighted by Crippen LogP contribution is -2.42. The van der Waals surface area contributed by atoms with E-state index in [9.17, 15) is 5.11 Å². The van der Waals surface area contributed by atoms with Crippen molar-refractivity contribution in [2.24, 2.45) is 0 Å². The van der Waals surface area contributed by atoms with Crippen LogP contribution in [0.1, 0.15) is 24.0 Å². The van der Waals surface area contributed by atoms with Crippen LogP contribution >= 0.6 is 12.4 Å². The third-order valence-corrected chi connectivity index (χ3v) is 5.15. The van der Waals surface area contributed by atoms with Gasteiger partial charge in [-0.1, -0.05) is 18.2 Å². The van der Waals surface area contributed by atoms with Crippen LogP contribution in [0.25, 0.3) is 0 Å². The smallest absolute Gasteiger partial charge is 0.166 e. The summed E-state index contributed by atoms with van der Waals surface area (Å²) in [5.41, 5.74) is 2.48. The van der Waals surface area contributed by atoms with Gasteiger partial charge in [-0.3, -0.25) is 0 Å². The van der Waals surface area contributed by atoms with Gasteiger partial charge in [-0.25, -0.2) is 0 Å². The second-order valence-corrected chi connectivity index (χ2v) is 6.43. The van der Waals surface area contributed by atoms with Crippen LogP contribution in [0.4, 0.5) is 0 Å². The predicted octanol–water partition coefficient (Wildman–Crippen LogP) is 2.27. The Kier molecular flexibility index (Phi) is 3.87. The van der Waals surface area contributed by atoms with Gasteiger partial charge >= 0.3 is 0 Å². The summed E-state index contributed by atoms with van der Waals surface area (Å²) < 4.78 is 11.8. The molecule has 1 N–H and O–H groups in total. The zero-order chi connectivity index (χ0) is 14.6. The minimum Gasteiger partial charge on any atom is -0.493 e. The number of rotatable bonds is 1. The molecule has 0 bridgehead atoms. The van der Waals surface area contributed by atoms with Gasteiger partial charge in [0.25, 0.3) is 0 Å². The lowest BCUT2D eigenvalue weighted by molar-refractivity contribution is 0.0821. The van der Waals surface area contributed by atoms with Crippen molar-refractivity contribution in [1.82, 2.24) is 4.90 Å². The Hall–Kier alpha value is -1.23. The van der Waals surface area contributed by atoms with E-state index < -0.39 is 6.10 Å². The Morgan fingerprint density at radius 2 is 2.23 bits per heavy atom. The first kappa shape index (κ1) is 15.7. The lowest BCUT2D eigenvalue weighted by Gasteiger charge is -2.35. The number of hydrogen-bond acceptors (Lipinski definition) is 4. The third-order valence-electron chi connectivity index (χ3n) is 5.15. The van der Waals surface area contributed by atoms with Gasteiger partial charge in [0.15, 0.2) is 11.5 Å². The van der Waals surface area contributed by atoms with E-state index in [1.165, 1.54) is 11.1 Å². The standard InChI is InChI=1S/C17H21NO3.ClH/c1-18-8-7-17-6-5-12(19)9-14(17)21-16-13(20-2)4-3-11(10-18)15(16)17;/h3-6,12,14,19H,7-10H2,1-2H3;1H/t12?,14-,17+;/m1./s1. The van der Waals surface area contributed by atoms with Gasteiger partial charge in [-0.05, 0) is 31.6 Å². The molecule has 1 unspecified atom stereocenters. The van der Waals surface area contributed by atoms with Crippen molar-refractivity contribution < 1.29 is 14.6 Å². The summed E-state index contributed by atoms with van der Waals surface area (Å²) in [5.74, 6) is 1.68. The van der Waals surface area contributed by atoms with E-state index in [1.54, 1.807) is 7.11 Å². The van der Waals surface area contributed by atoms with Crippen LogP contribution < -0.4 is 9.47 Å². The number of halogens is 1. The van der Waals surface area contributed by atoms with E-state index in [0.717, 1.165) is 31.0 Å². The molecule has 2 aliphatic heterocycles. The summed E-state index contributed by atoms with van der Waals surface area (Å²) in [6.45, 7) is 1.96. The maximum atomic E-state index is 9.97. The minimum atomic E-state index is -0.412. The average molecular weight is 324 g/mol. The van der Waals surface area contributed by atoms with Crippen molar-refractivity contribution in [3.05, 3.63) is 35.4 Å². The second-order valence-electron chi connectivity index (χ2n) is 6.43. The fraction of sp³-hybridized carbons (Fsp3) is 0.529. The normalized spacial score (nSPS) is 32.3. The molecule has 3 aliphatic rings. The number of benzene rings is 1. The van der Waals surface area contributed by atoms with E-state index in [1.807, 2.05) is 12.1 Å². The molecule has 2 heterocycles. The molecule has 4 rings (SSSR count). The number of aliphatic hydroxyl groups is 1. The highest BCUT2D eigenvalue weighted by Gasteiger charge is 2.52. The minimum absolute atomic E-state index is 0. The Morgan fingerprint density at radius 3 is 3.00 bits per heavy atom. The molecule has 1 aromatic carbocycles. The van der Waals surface area contributed by atoms with Crippen molar-refractivity contribution in [1.29, 1.82) is 0 Å². The van der Waals surface area contributed by atoms with E-state index in [2.05, 4.69) is 24.1 Å². The molecule has 0 saturated carbocycles. The van der Waals surface area contributed by atoms with Crippen LogP contribution in [0, 0.1) is 0 Å². The zero-order valence-electron chi connectivity index (χ0n) is 12.9. The summed E-state index contributed by atoms with van der Waals surface area (Å²) >= 11 is 0. The van der Waals surface area contributed by atoms with E-state index >= 15 is 0 Å². The molecule has 1 spiro atoms. The largest absolute Gasteiger partial charge is 0.493 e. The van der Waals surface area contributed by atoms with Crippen LogP contribution in [-0.4, -0.2) is 42.9 Å². The predicted molar refractivity (Wildman–Crippen MR) is 87.1 cm³/mol. The van der Waals surface area contributed by atoms with Crippen LogP contribution in [0.15, 0.2) is 24.3 Å². The van der Waals surface area contributed by atoms with Gasteiger partial charge < -0.3 is 19.5 Å². The topological polar surface area (TPSA) is 41.9 Å². The van der Waals surface area contributed by atoms with Gasteiger partial charge in [-0.15, -0.1) is 12.4 Å². The summed E-state index contributed by atoms with van der Waals surface area (Å²) in [4.78, 5) is 2.35. The molecule has 0 saturated heterocycles. The van der Waals surface area contributed by atoms with Crippen LogP contribution in [-0.2, 0) is 12.0 Å². The molecule has 1 aromatic rings. The first-order valence-corrected chi connectivity index (χ1v) is 7.57. The second kappa shape index (κ2) is 5.44. The Labute approximate surface area is 137 Å². The van der Waals surface area contributed by atoms with Gasteiger partial charge in [0.05, 0.1) is 18.6 Å². The van der Waals surface area contributed by atoms with Gasteiger partial charge in [0, 0.05) is 18.5 Å². The summed E-state index contributed by atoms with van der Waals surface area (Å²) in [5, 5.41) is 9.97. The molecule has 0 fully saturated rings. The molecule has 22 heavy (non-hydrogen) atoms.